The molecule has 3 nitrogen and oxygen atoms in total. The SMILES string of the molecule is COC(C)C(=O)NCC(C1CC1)C1CC1. The Bertz CT molecular complexity index is 222. The number of rotatable bonds is 6. The molecule has 0 aromatic rings. The molecule has 0 radical (unpaired) electrons. The standard InChI is InChI=1S/C12H21NO2/c1-8(15-2)12(14)13-7-11(9-3-4-9)10-5-6-10/h8-11H,3-7H2,1-2H3,(H,13,14). The first-order chi connectivity index (χ1) is 7.22. The van der Waals surface area contributed by atoms with Crippen molar-refractivity contribution in [2.75, 3.05) is 13.7 Å². The molecule has 0 spiro atoms. The smallest absolute Gasteiger partial charge is 0.248 e. The number of ether oxygens (including phenoxy) is 1. The summed E-state index contributed by atoms with van der Waals surface area (Å²) in [6.45, 7) is 2.65. The molecule has 86 valence electrons. The molecule has 3 heteroatoms. The summed E-state index contributed by atoms with van der Waals surface area (Å²) in [6, 6.07) is 0. The molecule has 1 unspecified atom stereocenters. The van der Waals surface area contributed by atoms with Gasteiger partial charge in [-0.2, -0.15) is 0 Å². The highest BCUT2D eigenvalue weighted by atomic mass is 16.5. The molecular formula is C12H21NO2. The molecule has 2 rings (SSSR count). The van der Waals surface area contributed by atoms with Gasteiger partial charge >= 0.3 is 0 Å². The van der Waals surface area contributed by atoms with Crippen LogP contribution in [0.4, 0.5) is 0 Å². The lowest BCUT2D eigenvalue weighted by atomic mass is 9.98. The molecule has 15 heavy (non-hydrogen) atoms. The highest BCUT2D eigenvalue weighted by Crippen LogP contribution is 2.48. The summed E-state index contributed by atoms with van der Waals surface area (Å²) < 4.78 is 4.98. The Balaban J connectivity index is 1.72. The number of hydrogen-bond acceptors (Lipinski definition) is 2. The average Bonchev–Trinajstić information content (AvgIpc) is 3.07. The molecule has 0 bridgehead atoms. The van der Waals surface area contributed by atoms with Crippen molar-refractivity contribution in [1.29, 1.82) is 0 Å². The number of methoxy groups -OCH3 is 1. The molecular weight excluding hydrogens is 190 g/mol. The van der Waals surface area contributed by atoms with Gasteiger partial charge in [0, 0.05) is 13.7 Å². The second-order valence-electron chi connectivity index (χ2n) is 4.96. The summed E-state index contributed by atoms with van der Waals surface area (Å²) in [5, 5.41) is 3.01. The summed E-state index contributed by atoms with van der Waals surface area (Å²) in [7, 11) is 1.57. The van der Waals surface area contributed by atoms with Gasteiger partial charge in [-0.05, 0) is 50.4 Å². The van der Waals surface area contributed by atoms with Crippen LogP contribution in [0.3, 0.4) is 0 Å². The number of carbonyl (C=O) groups is 1. The topological polar surface area (TPSA) is 38.3 Å². The van der Waals surface area contributed by atoms with E-state index in [2.05, 4.69) is 5.32 Å². The van der Waals surface area contributed by atoms with Crippen LogP contribution < -0.4 is 5.32 Å². The van der Waals surface area contributed by atoms with Gasteiger partial charge in [-0.15, -0.1) is 0 Å². The van der Waals surface area contributed by atoms with Crippen molar-refractivity contribution in [1.82, 2.24) is 5.32 Å². The van der Waals surface area contributed by atoms with Gasteiger partial charge < -0.3 is 10.1 Å². The zero-order valence-corrected chi connectivity index (χ0v) is 9.66. The maximum absolute atomic E-state index is 11.5. The zero-order chi connectivity index (χ0) is 10.8. The fourth-order valence-corrected chi connectivity index (χ4v) is 2.24. The van der Waals surface area contributed by atoms with Crippen molar-refractivity contribution >= 4 is 5.91 Å². The number of nitrogens with one attached hydrogen (secondary N) is 1. The second kappa shape index (κ2) is 4.52. The van der Waals surface area contributed by atoms with E-state index in [4.69, 9.17) is 4.74 Å². The maximum Gasteiger partial charge on any atom is 0.248 e. The van der Waals surface area contributed by atoms with Crippen molar-refractivity contribution < 1.29 is 9.53 Å². The van der Waals surface area contributed by atoms with Gasteiger partial charge in [0.15, 0.2) is 0 Å². The lowest BCUT2D eigenvalue weighted by Gasteiger charge is -2.17. The largest absolute Gasteiger partial charge is 0.372 e. The Kier molecular flexibility index (Phi) is 3.29. The van der Waals surface area contributed by atoms with E-state index in [0.717, 1.165) is 24.3 Å². The molecule has 2 fully saturated rings. The molecule has 2 aliphatic carbocycles. The third kappa shape index (κ3) is 2.94. The maximum atomic E-state index is 11.5. The van der Waals surface area contributed by atoms with Crippen LogP contribution >= 0.6 is 0 Å². The van der Waals surface area contributed by atoms with Gasteiger partial charge in [-0.25, -0.2) is 0 Å². The predicted molar refractivity (Wildman–Crippen MR) is 58.4 cm³/mol. The lowest BCUT2D eigenvalue weighted by Crippen LogP contribution is -2.37. The minimum atomic E-state index is -0.316. The van der Waals surface area contributed by atoms with Crippen molar-refractivity contribution in [3.8, 4) is 0 Å². The Morgan fingerprint density at radius 2 is 1.87 bits per heavy atom. The Hall–Kier alpha value is -0.570. The van der Waals surface area contributed by atoms with E-state index in [1.807, 2.05) is 0 Å². The van der Waals surface area contributed by atoms with Gasteiger partial charge in [-0.3, -0.25) is 4.79 Å². The monoisotopic (exact) mass is 211 g/mol. The van der Waals surface area contributed by atoms with E-state index in [9.17, 15) is 4.79 Å². The quantitative estimate of drug-likeness (QED) is 0.724. The van der Waals surface area contributed by atoms with Crippen molar-refractivity contribution in [2.45, 2.75) is 38.7 Å². The number of amides is 1. The van der Waals surface area contributed by atoms with Gasteiger partial charge in [-0.1, -0.05) is 0 Å². The molecule has 1 N–H and O–H groups in total. The van der Waals surface area contributed by atoms with Crippen molar-refractivity contribution in [3.05, 3.63) is 0 Å². The summed E-state index contributed by atoms with van der Waals surface area (Å²) in [4.78, 5) is 11.5. The van der Waals surface area contributed by atoms with Gasteiger partial charge in [0.1, 0.15) is 6.10 Å². The van der Waals surface area contributed by atoms with Crippen LogP contribution in [-0.2, 0) is 9.53 Å². The summed E-state index contributed by atoms with van der Waals surface area (Å²) >= 11 is 0. The highest BCUT2D eigenvalue weighted by molar-refractivity contribution is 5.80. The molecule has 0 aromatic carbocycles. The lowest BCUT2D eigenvalue weighted by molar-refractivity contribution is -0.130. The van der Waals surface area contributed by atoms with E-state index in [1.165, 1.54) is 25.7 Å². The van der Waals surface area contributed by atoms with Crippen LogP contribution in [0.2, 0.25) is 0 Å². The molecule has 0 aromatic heterocycles. The first kappa shape index (κ1) is 10.9. The van der Waals surface area contributed by atoms with Crippen LogP contribution in [0.15, 0.2) is 0 Å². The molecule has 1 amide bonds. The molecule has 0 heterocycles. The first-order valence-corrected chi connectivity index (χ1v) is 6.03. The van der Waals surface area contributed by atoms with Gasteiger partial charge in [0.2, 0.25) is 5.91 Å². The molecule has 2 aliphatic rings. The molecule has 0 saturated heterocycles. The van der Waals surface area contributed by atoms with Crippen LogP contribution in [0.25, 0.3) is 0 Å². The van der Waals surface area contributed by atoms with Gasteiger partial charge in [0.05, 0.1) is 0 Å². The van der Waals surface area contributed by atoms with E-state index < -0.39 is 0 Å². The van der Waals surface area contributed by atoms with Crippen LogP contribution in [-0.4, -0.2) is 25.7 Å². The van der Waals surface area contributed by atoms with Crippen LogP contribution in [0, 0.1) is 17.8 Å². The summed E-state index contributed by atoms with van der Waals surface area (Å²) in [6.07, 6.45) is 5.17. The van der Waals surface area contributed by atoms with E-state index >= 15 is 0 Å². The van der Waals surface area contributed by atoms with Crippen molar-refractivity contribution in [2.24, 2.45) is 17.8 Å². The molecule has 1 atom stereocenters. The Morgan fingerprint density at radius 1 is 1.33 bits per heavy atom. The normalized spacial score (nSPS) is 22.9. The third-order valence-electron chi connectivity index (χ3n) is 3.69. The van der Waals surface area contributed by atoms with Crippen LogP contribution in [0.1, 0.15) is 32.6 Å². The van der Waals surface area contributed by atoms with E-state index in [1.54, 1.807) is 14.0 Å². The number of hydrogen-bond donors (Lipinski definition) is 1. The minimum Gasteiger partial charge on any atom is -0.372 e. The summed E-state index contributed by atoms with van der Waals surface area (Å²) in [5.41, 5.74) is 0. The van der Waals surface area contributed by atoms with Crippen molar-refractivity contribution in [3.63, 3.8) is 0 Å². The molecule has 2 saturated carbocycles. The average molecular weight is 211 g/mol. The zero-order valence-electron chi connectivity index (χ0n) is 9.66. The highest BCUT2D eigenvalue weighted by Gasteiger charge is 2.41. The number of carbonyl (C=O) groups excluding carboxylic acids is 1. The second-order valence-corrected chi connectivity index (χ2v) is 4.96. The Labute approximate surface area is 91.6 Å². The van der Waals surface area contributed by atoms with Crippen LogP contribution in [0.5, 0.6) is 0 Å². The minimum absolute atomic E-state index is 0.0313. The van der Waals surface area contributed by atoms with Gasteiger partial charge in [0.25, 0.3) is 0 Å². The Morgan fingerprint density at radius 3 is 2.27 bits per heavy atom. The molecule has 0 aliphatic heterocycles. The fraction of sp³-hybridized carbons (Fsp3) is 0.917. The van der Waals surface area contributed by atoms with E-state index in [0.29, 0.717) is 0 Å². The predicted octanol–water partition coefficient (Wildman–Crippen LogP) is 1.57. The summed E-state index contributed by atoms with van der Waals surface area (Å²) in [5.74, 6) is 2.58. The third-order valence-corrected chi connectivity index (χ3v) is 3.69. The van der Waals surface area contributed by atoms with E-state index in [-0.39, 0.29) is 12.0 Å². The fourth-order valence-electron chi connectivity index (χ4n) is 2.24. The first-order valence-electron chi connectivity index (χ1n) is 6.03.